The van der Waals surface area contributed by atoms with E-state index in [1.807, 2.05) is 0 Å². The number of nitrogens with one attached hydrogen (secondary N) is 2. The average Bonchev–Trinajstić information content (AvgIpc) is 2.66. The van der Waals surface area contributed by atoms with Gasteiger partial charge in [0.1, 0.15) is 12.0 Å². The summed E-state index contributed by atoms with van der Waals surface area (Å²) in [5, 5.41) is 15.1. The van der Waals surface area contributed by atoms with Crippen LogP contribution in [0.1, 0.15) is 27.6 Å². The van der Waals surface area contributed by atoms with Gasteiger partial charge >= 0.3 is 5.97 Å². The Morgan fingerprint density at radius 1 is 0.852 bits per heavy atom. The summed E-state index contributed by atoms with van der Waals surface area (Å²) in [5.74, 6) is -0.213. The van der Waals surface area contributed by atoms with Gasteiger partial charge in [0.2, 0.25) is 0 Å². The summed E-state index contributed by atoms with van der Waals surface area (Å²) in [6, 6.07) is 13.2. The molecule has 0 amide bonds. The third-order valence-corrected chi connectivity index (χ3v) is 3.83. The van der Waals surface area contributed by atoms with E-state index >= 15 is 0 Å². The summed E-state index contributed by atoms with van der Waals surface area (Å²) in [5.41, 5.74) is 8.61. The van der Waals surface area contributed by atoms with Gasteiger partial charge < -0.3 is 21.5 Å². The molecule has 1 aromatic heterocycles. The summed E-state index contributed by atoms with van der Waals surface area (Å²) >= 11 is 0. The van der Waals surface area contributed by atoms with Crippen LogP contribution in [0.25, 0.3) is 0 Å². The molecule has 0 saturated heterocycles. The van der Waals surface area contributed by atoms with Crippen molar-refractivity contribution in [3.8, 4) is 0 Å². The summed E-state index contributed by atoms with van der Waals surface area (Å²) in [6.07, 6.45) is 1.36. The van der Waals surface area contributed by atoms with E-state index in [9.17, 15) is 9.59 Å². The van der Waals surface area contributed by atoms with Gasteiger partial charge in [0, 0.05) is 16.9 Å². The second-order valence-electron chi connectivity index (χ2n) is 5.75. The summed E-state index contributed by atoms with van der Waals surface area (Å²) in [4.78, 5) is 30.5. The van der Waals surface area contributed by atoms with Gasteiger partial charge in [0.15, 0.2) is 17.4 Å². The predicted octanol–water partition coefficient (Wildman–Crippen LogP) is 3.45. The number of nitrogens with two attached hydrogens (primary N) is 1. The number of carboxylic acid groups (broad SMARTS) is 1. The topological polar surface area (TPSA) is 130 Å². The van der Waals surface area contributed by atoms with E-state index in [4.69, 9.17) is 10.8 Å². The number of carboxylic acids is 1. The van der Waals surface area contributed by atoms with Crippen molar-refractivity contribution < 1.29 is 14.7 Å². The first-order valence-corrected chi connectivity index (χ1v) is 8.03. The van der Waals surface area contributed by atoms with Crippen molar-refractivity contribution in [1.29, 1.82) is 0 Å². The predicted molar refractivity (Wildman–Crippen MR) is 103 cm³/mol. The first kappa shape index (κ1) is 17.9. The molecule has 3 aromatic rings. The molecule has 2 aromatic carbocycles. The van der Waals surface area contributed by atoms with Crippen LogP contribution in [0.2, 0.25) is 0 Å². The zero-order chi connectivity index (χ0) is 19.4. The highest BCUT2D eigenvalue weighted by Crippen LogP contribution is 2.28. The number of nitrogen functional groups attached to an aromatic ring is 1. The molecule has 0 radical (unpaired) electrons. The van der Waals surface area contributed by atoms with Crippen LogP contribution >= 0.6 is 0 Å². The van der Waals surface area contributed by atoms with Crippen LogP contribution < -0.4 is 16.4 Å². The van der Waals surface area contributed by atoms with Crippen LogP contribution in [0.4, 0.5) is 28.7 Å². The molecular weight excluding hydrogens is 346 g/mol. The molecule has 27 heavy (non-hydrogen) atoms. The number of carbonyl (C=O) groups excluding carboxylic acids is 1. The van der Waals surface area contributed by atoms with E-state index in [1.165, 1.54) is 25.4 Å². The van der Waals surface area contributed by atoms with Crippen molar-refractivity contribution in [3.05, 3.63) is 66.0 Å². The van der Waals surface area contributed by atoms with Gasteiger partial charge in [-0.1, -0.05) is 0 Å². The molecule has 3 rings (SSSR count). The second-order valence-corrected chi connectivity index (χ2v) is 5.75. The zero-order valence-corrected chi connectivity index (χ0v) is 14.4. The molecule has 8 nitrogen and oxygen atoms in total. The van der Waals surface area contributed by atoms with Crippen LogP contribution in [-0.2, 0) is 0 Å². The molecule has 0 spiro atoms. The number of nitrogens with zero attached hydrogens (tertiary/aromatic N) is 2. The number of benzene rings is 2. The second kappa shape index (κ2) is 7.52. The highest BCUT2D eigenvalue weighted by molar-refractivity contribution is 5.94. The Morgan fingerprint density at radius 2 is 1.30 bits per heavy atom. The normalized spacial score (nSPS) is 10.3. The van der Waals surface area contributed by atoms with Gasteiger partial charge in [-0.2, -0.15) is 0 Å². The fourth-order valence-corrected chi connectivity index (χ4v) is 2.35. The van der Waals surface area contributed by atoms with Gasteiger partial charge in [-0.15, -0.1) is 0 Å². The van der Waals surface area contributed by atoms with Crippen LogP contribution in [0, 0.1) is 0 Å². The number of ketones is 1. The molecule has 0 aliphatic rings. The summed E-state index contributed by atoms with van der Waals surface area (Å²) < 4.78 is 0. The van der Waals surface area contributed by atoms with E-state index in [-0.39, 0.29) is 11.3 Å². The Hall–Kier alpha value is -3.94. The van der Waals surface area contributed by atoms with Crippen molar-refractivity contribution in [2.45, 2.75) is 6.92 Å². The first-order chi connectivity index (χ1) is 12.9. The number of hydrogen-bond donors (Lipinski definition) is 4. The van der Waals surface area contributed by atoms with Gasteiger partial charge in [-0.05, 0) is 55.5 Å². The molecule has 5 N–H and O–H groups in total. The van der Waals surface area contributed by atoms with Gasteiger partial charge in [-0.3, -0.25) is 4.79 Å². The third-order valence-electron chi connectivity index (χ3n) is 3.83. The van der Waals surface area contributed by atoms with Crippen LogP contribution in [-0.4, -0.2) is 26.8 Å². The summed E-state index contributed by atoms with van der Waals surface area (Å²) in [7, 11) is 0. The quantitative estimate of drug-likeness (QED) is 0.490. The lowest BCUT2D eigenvalue weighted by molar-refractivity contribution is 0.0696. The fourth-order valence-electron chi connectivity index (χ4n) is 2.35. The largest absolute Gasteiger partial charge is 0.478 e. The number of hydrogen-bond acceptors (Lipinski definition) is 7. The minimum Gasteiger partial charge on any atom is -0.478 e. The number of anilines is 5. The van der Waals surface area contributed by atoms with Gasteiger partial charge in [0.25, 0.3) is 0 Å². The van der Waals surface area contributed by atoms with Crippen LogP contribution in [0.3, 0.4) is 0 Å². The van der Waals surface area contributed by atoms with Crippen molar-refractivity contribution in [1.82, 2.24) is 9.97 Å². The molecule has 8 heteroatoms. The molecule has 1 heterocycles. The number of rotatable bonds is 6. The average molecular weight is 363 g/mol. The van der Waals surface area contributed by atoms with E-state index in [0.29, 0.717) is 28.6 Å². The first-order valence-electron chi connectivity index (χ1n) is 8.03. The van der Waals surface area contributed by atoms with Crippen molar-refractivity contribution >= 4 is 40.5 Å². The molecule has 0 fully saturated rings. The van der Waals surface area contributed by atoms with E-state index < -0.39 is 5.97 Å². The SMILES string of the molecule is CC(=O)c1ccc(Nc2ncnc(Nc3ccc(C(=O)O)cc3)c2N)cc1. The molecule has 0 aliphatic heterocycles. The smallest absolute Gasteiger partial charge is 0.335 e. The molecule has 136 valence electrons. The molecule has 0 bridgehead atoms. The van der Waals surface area contributed by atoms with Crippen LogP contribution in [0.15, 0.2) is 54.9 Å². The maximum atomic E-state index is 11.3. The number of carbonyl (C=O) groups is 2. The maximum Gasteiger partial charge on any atom is 0.335 e. The molecule has 0 atom stereocenters. The van der Waals surface area contributed by atoms with E-state index in [2.05, 4.69) is 20.6 Å². The molecular formula is C19H17N5O3. The fraction of sp³-hybridized carbons (Fsp3) is 0.0526. The highest BCUT2D eigenvalue weighted by atomic mass is 16.4. The molecule has 0 unspecified atom stereocenters. The van der Waals surface area contributed by atoms with Crippen molar-refractivity contribution in [2.75, 3.05) is 16.4 Å². The minimum absolute atomic E-state index is 0.0106. The van der Waals surface area contributed by atoms with E-state index in [1.54, 1.807) is 36.4 Å². The Bertz CT molecular complexity index is 907. The van der Waals surface area contributed by atoms with Crippen molar-refractivity contribution in [3.63, 3.8) is 0 Å². The Morgan fingerprint density at radius 3 is 1.70 bits per heavy atom. The maximum absolute atomic E-state index is 11.3. The van der Waals surface area contributed by atoms with Gasteiger partial charge in [0.05, 0.1) is 5.56 Å². The zero-order valence-electron chi connectivity index (χ0n) is 14.4. The monoisotopic (exact) mass is 363 g/mol. The summed E-state index contributed by atoms with van der Waals surface area (Å²) in [6.45, 7) is 1.51. The van der Waals surface area contributed by atoms with E-state index in [0.717, 1.165) is 5.69 Å². The van der Waals surface area contributed by atoms with Crippen LogP contribution in [0.5, 0.6) is 0 Å². The standard InChI is InChI=1S/C19H17N5O3/c1-11(25)12-2-6-14(7-3-12)23-17-16(20)18(22-10-21-17)24-15-8-4-13(5-9-15)19(26)27/h2-10H,20H2,1H3,(H,26,27)(H2,21,22,23,24). The minimum atomic E-state index is -0.995. The Balaban J connectivity index is 1.79. The third kappa shape index (κ3) is 4.18. The number of aromatic nitrogens is 2. The highest BCUT2D eigenvalue weighted by Gasteiger charge is 2.10. The van der Waals surface area contributed by atoms with Crippen molar-refractivity contribution in [2.24, 2.45) is 0 Å². The molecule has 0 saturated carbocycles. The Kier molecular flexibility index (Phi) is 4.98. The lowest BCUT2D eigenvalue weighted by Gasteiger charge is -2.13. The lowest BCUT2D eigenvalue weighted by atomic mass is 10.1. The number of aromatic carboxylic acids is 1. The Labute approximate surface area is 155 Å². The molecule has 0 aliphatic carbocycles. The lowest BCUT2D eigenvalue weighted by Crippen LogP contribution is -2.05. The number of Topliss-reactive ketones (excluding diaryl/α,β-unsaturated/α-hetero) is 1. The van der Waals surface area contributed by atoms with Gasteiger partial charge in [-0.25, -0.2) is 14.8 Å².